The molecule has 0 bridgehead atoms. The summed E-state index contributed by atoms with van der Waals surface area (Å²) in [4.78, 5) is 72.9. The molecule has 1 aliphatic heterocycles. The van der Waals surface area contributed by atoms with Crippen molar-refractivity contribution in [2.75, 3.05) is 6.61 Å². The second kappa shape index (κ2) is 12.3. The van der Waals surface area contributed by atoms with Gasteiger partial charge in [0.25, 0.3) is 0 Å². The Hall–Kier alpha value is -3.88. The van der Waals surface area contributed by atoms with Crippen LogP contribution in [0.15, 0.2) is 10.1 Å². The van der Waals surface area contributed by atoms with Gasteiger partial charge in [-0.15, -0.1) is 0 Å². The van der Waals surface area contributed by atoms with Crippen molar-refractivity contribution in [2.45, 2.75) is 65.3 Å². The van der Waals surface area contributed by atoms with Crippen molar-refractivity contribution in [3.05, 3.63) is 26.8 Å². The van der Waals surface area contributed by atoms with E-state index in [1.54, 1.807) is 0 Å². The van der Waals surface area contributed by atoms with Crippen molar-refractivity contribution in [1.29, 1.82) is 0 Å². The van der Waals surface area contributed by atoms with E-state index in [0.29, 0.717) is 0 Å². The van der Waals surface area contributed by atoms with Crippen LogP contribution in [0.4, 0.5) is 0 Å². The second-order valence-corrected chi connectivity index (χ2v) is 9.63. The molecule has 0 radical (unpaired) electrons. The number of allylic oxidation sites excluding steroid dienone is 2. The first-order valence-corrected chi connectivity index (χ1v) is 12.5. The van der Waals surface area contributed by atoms with Crippen LogP contribution in [0.3, 0.4) is 0 Å². The van der Waals surface area contributed by atoms with Gasteiger partial charge in [0.1, 0.15) is 28.5 Å². The van der Waals surface area contributed by atoms with Crippen molar-refractivity contribution in [3.63, 3.8) is 0 Å². The summed E-state index contributed by atoms with van der Waals surface area (Å²) in [6, 6.07) is 0. The Bertz CT molecular complexity index is 1370. The van der Waals surface area contributed by atoms with E-state index in [9.17, 15) is 39.0 Å². The van der Waals surface area contributed by atoms with Gasteiger partial charge in [0.2, 0.25) is 24.0 Å². The van der Waals surface area contributed by atoms with Crippen LogP contribution >= 0.6 is 23.2 Å². The summed E-state index contributed by atoms with van der Waals surface area (Å²) in [5.41, 5.74) is -1.64. The number of Topliss-reactive ketones (excluding diaryl/α,β-unsaturated/α-hetero) is 2. The highest BCUT2D eigenvalue weighted by Gasteiger charge is 2.54. The number of hydrogen-bond donors (Lipinski definition) is 2. The summed E-state index contributed by atoms with van der Waals surface area (Å²) in [5.74, 6) is -7.95. The second-order valence-electron chi connectivity index (χ2n) is 8.87. The van der Waals surface area contributed by atoms with Gasteiger partial charge in [-0.25, -0.2) is 0 Å². The van der Waals surface area contributed by atoms with E-state index in [2.05, 4.69) is 0 Å². The maximum absolute atomic E-state index is 12.8. The van der Waals surface area contributed by atoms with Gasteiger partial charge in [0, 0.05) is 33.3 Å². The largest absolute Gasteiger partial charge is 0.507 e. The number of ketones is 2. The number of carbonyl (C=O) groups is 6. The first-order valence-electron chi connectivity index (χ1n) is 11.8. The molecule has 0 amide bonds. The fourth-order valence-electron chi connectivity index (χ4n) is 4.23. The van der Waals surface area contributed by atoms with Gasteiger partial charge >= 0.3 is 23.9 Å². The fourth-order valence-corrected chi connectivity index (χ4v) is 4.59. The van der Waals surface area contributed by atoms with E-state index in [4.69, 9.17) is 51.6 Å². The van der Waals surface area contributed by atoms with Gasteiger partial charge in [-0.2, -0.15) is 0 Å². The first-order chi connectivity index (χ1) is 19.1. The van der Waals surface area contributed by atoms with Crippen LogP contribution in [-0.4, -0.2) is 83.0 Å². The van der Waals surface area contributed by atoms with E-state index in [-0.39, 0.29) is 5.56 Å². The minimum Gasteiger partial charge on any atom is -0.507 e. The molecule has 2 aliphatic rings. The van der Waals surface area contributed by atoms with Crippen LogP contribution in [0.25, 0.3) is 0 Å². The molecule has 14 nitrogen and oxygen atoms in total. The Morgan fingerprint density at radius 1 is 0.756 bits per heavy atom. The molecule has 0 saturated carbocycles. The third kappa shape index (κ3) is 6.39. The lowest BCUT2D eigenvalue weighted by atomic mass is 9.90. The number of aromatic hydroxyl groups is 2. The molecule has 1 heterocycles. The summed E-state index contributed by atoms with van der Waals surface area (Å²) in [7, 11) is 0. The maximum Gasteiger partial charge on any atom is 0.303 e. The third-order valence-corrected chi connectivity index (χ3v) is 6.68. The first kappa shape index (κ1) is 31.6. The number of phenols is 2. The minimum atomic E-state index is -1.82. The van der Waals surface area contributed by atoms with Crippen molar-refractivity contribution < 1.29 is 67.4 Å². The van der Waals surface area contributed by atoms with E-state index in [1.165, 1.54) is 6.92 Å². The van der Waals surface area contributed by atoms with Crippen LogP contribution in [0.1, 0.15) is 54.0 Å². The molecule has 1 aliphatic carbocycles. The highest BCUT2D eigenvalue weighted by Crippen LogP contribution is 2.48. The van der Waals surface area contributed by atoms with Gasteiger partial charge in [0.05, 0.1) is 11.1 Å². The number of rotatable bonds is 7. The van der Waals surface area contributed by atoms with Crippen LogP contribution in [0, 0.1) is 6.92 Å². The summed E-state index contributed by atoms with van der Waals surface area (Å²) < 4.78 is 32.5. The molecule has 1 fully saturated rings. The number of hydrogen-bond acceptors (Lipinski definition) is 14. The summed E-state index contributed by atoms with van der Waals surface area (Å²) >= 11 is 11.7. The number of phenolic OH excluding ortho intramolecular Hbond substituents is 2. The van der Waals surface area contributed by atoms with Crippen molar-refractivity contribution in [1.82, 2.24) is 0 Å². The molecule has 1 aromatic carbocycles. The summed E-state index contributed by atoms with van der Waals surface area (Å²) in [5, 5.41) is 20.4. The van der Waals surface area contributed by atoms with Crippen LogP contribution in [-0.2, 0) is 42.9 Å². The molecule has 222 valence electrons. The Morgan fingerprint density at radius 2 is 1.22 bits per heavy atom. The number of benzene rings is 1. The molecule has 3 rings (SSSR count). The number of esters is 4. The van der Waals surface area contributed by atoms with Gasteiger partial charge < -0.3 is 38.6 Å². The monoisotopic (exact) mass is 618 g/mol. The molecule has 2 N–H and O–H groups in total. The van der Waals surface area contributed by atoms with Crippen LogP contribution in [0.5, 0.6) is 17.2 Å². The van der Waals surface area contributed by atoms with Gasteiger partial charge in [-0.05, 0) is 6.92 Å². The molecule has 0 aromatic heterocycles. The topological polar surface area (TPSA) is 198 Å². The van der Waals surface area contributed by atoms with Crippen molar-refractivity contribution in [2.24, 2.45) is 0 Å². The van der Waals surface area contributed by atoms with E-state index in [0.717, 1.165) is 27.7 Å². The molecule has 0 spiro atoms. The number of carbonyl (C=O) groups excluding carboxylic acids is 6. The number of ether oxygens (including phenoxy) is 6. The highest BCUT2D eigenvalue weighted by molar-refractivity contribution is 6.59. The molecule has 5 atom stereocenters. The molecule has 5 unspecified atom stereocenters. The number of halogens is 2. The smallest absolute Gasteiger partial charge is 0.303 e. The van der Waals surface area contributed by atoms with E-state index >= 15 is 0 Å². The zero-order valence-corrected chi connectivity index (χ0v) is 23.7. The average molecular weight is 619 g/mol. The SMILES string of the molecule is CC(=O)OCC1OC(Oc2c(C)c(O)c3c(c2O)C(=O)C(Cl)=C(Cl)C3=O)C(OC(C)=O)C(OC(C)=O)C1OC(C)=O. The van der Waals surface area contributed by atoms with Gasteiger partial charge in [0.15, 0.2) is 23.7 Å². The maximum atomic E-state index is 12.8. The Kier molecular flexibility index (Phi) is 9.51. The fraction of sp³-hybridized carbons (Fsp3) is 0.440. The Labute approximate surface area is 242 Å². The molecule has 16 heteroatoms. The van der Waals surface area contributed by atoms with Gasteiger partial charge in [-0.1, -0.05) is 23.2 Å². The Balaban J connectivity index is 2.18. The normalized spacial score (nSPS) is 23.8. The average Bonchev–Trinajstić information content (AvgIpc) is 2.87. The highest BCUT2D eigenvalue weighted by atomic mass is 35.5. The summed E-state index contributed by atoms with van der Waals surface area (Å²) in [6.07, 6.45) is -8.00. The lowest BCUT2D eigenvalue weighted by Crippen LogP contribution is -2.63. The van der Waals surface area contributed by atoms with Gasteiger partial charge in [-0.3, -0.25) is 28.8 Å². The molecular weight excluding hydrogens is 595 g/mol. The zero-order chi connectivity index (χ0) is 30.9. The standard InChI is InChI=1S/C25H24Cl2O14/c1-7-17(32)13-14(19(34)16(27)15(26)18(13)33)20(35)21(7)41-25-24(39-11(5)31)23(38-10(4)30)22(37-9(3)29)12(40-25)6-36-8(2)28/h12,22-25,32,35H,6H2,1-5H3. The zero-order valence-electron chi connectivity index (χ0n) is 22.1. The predicted octanol–water partition coefficient (Wildman–Crippen LogP) is 1.94. The van der Waals surface area contributed by atoms with Crippen molar-refractivity contribution >= 4 is 58.6 Å². The predicted molar refractivity (Wildman–Crippen MR) is 134 cm³/mol. The molecule has 1 aromatic rings. The third-order valence-electron chi connectivity index (χ3n) is 5.86. The lowest BCUT2D eigenvalue weighted by Gasteiger charge is -2.44. The Morgan fingerprint density at radius 3 is 1.71 bits per heavy atom. The quantitative estimate of drug-likeness (QED) is 0.255. The van der Waals surface area contributed by atoms with Crippen LogP contribution < -0.4 is 4.74 Å². The van der Waals surface area contributed by atoms with Crippen LogP contribution in [0.2, 0.25) is 0 Å². The lowest BCUT2D eigenvalue weighted by molar-refractivity contribution is -0.288. The molecule has 1 saturated heterocycles. The number of fused-ring (bicyclic) bond motifs is 1. The van der Waals surface area contributed by atoms with Crippen molar-refractivity contribution in [3.8, 4) is 17.2 Å². The minimum absolute atomic E-state index is 0.280. The van der Waals surface area contributed by atoms with E-state index in [1.807, 2.05) is 0 Å². The molecule has 41 heavy (non-hydrogen) atoms. The van der Waals surface area contributed by atoms with E-state index < -0.39 is 111 Å². The summed E-state index contributed by atoms with van der Waals surface area (Å²) in [6.45, 7) is 4.79. The molecular formula is C25H24Cl2O14.